The van der Waals surface area contributed by atoms with Gasteiger partial charge in [-0.1, -0.05) is 111 Å². The number of aromatic carboxylic acids is 1. The predicted octanol–water partition coefficient (Wildman–Crippen LogP) is 9.91. The van der Waals surface area contributed by atoms with E-state index in [1.165, 1.54) is 27.8 Å². The number of aryl methyl sites for hydroxylation is 3. The van der Waals surface area contributed by atoms with Gasteiger partial charge in [-0.25, -0.2) is 4.79 Å². The summed E-state index contributed by atoms with van der Waals surface area (Å²) in [5.41, 5.74) is 12.4. The first kappa shape index (κ1) is 31.5. The minimum atomic E-state index is -0.971. The molecule has 228 valence electrons. The number of hydrogen-bond acceptors (Lipinski definition) is 2. The van der Waals surface area contributed by atoms with Crippen molar-refractivity contribution in [2.75, 3.05) is 5.32 Å². The molecule has 5 aromatic carbocycles. The molecule has 0 radical (unpaired) electrons. The lowest BCUT2D eigenvalue weighted by atomic mass is 9.86. The summed E-state index contributed by atoms with van der Waals surface area (Å²) >= 11 is 0. The van der Waals surface area contributed by atoms with Crippen molar-refractivity contribution in [1.82, 2.24) is 0 Å². The van der Waals surface area contributed by atoms with E-state index in [0.717, 1.165) is 33.5 Å². The third-order valence-electron chi connectivity index (χ3n) is 8.47. The van der Waals surface area contributed by atoms with Gasteiger partial charge in [0.2, 0.25) is 5.91 Å². The quantitative estimate of drug-likeness (QED) is 0.188. The number of carboxylic acids is 1. The maximum absolute atomic E-state index is 13.9. The van der Waals surface area contributed by atoms with Crippen molar-refractivity contribution in [1.29, 1.82) is 0 Å². The Kier molecular flexibility index (Phi) is 9.06. The van der Waals surface area contributed by atoms with E-state index < -0.39 is 11.9 Å². The minimum Gasteiger partial charge on any atom is -0.478 e. The summed E-state index contributed by atoms with van der Waals surface area (Å²) in [6.07, 6.45) is 0.436. The van der Waals surface area contributed by atoms with E-state index in [4.69, 9.17) is 0 Å². The Morgan fingerprint density at radius 3 is 1.71 bits per heavy atom. The lowest BCUT2D eigenvalue weighted by Gasteiger charge is -2.20. The number of carbonyl (C=O) groups excluding carboxylic acids is 1. The van der Waals surface area contributed by atoms with E-state index in [9.17, 15) is 14.7 Å². The Morgan fingerprint density at radius 2 is 1.20 bits per heavy atom. The van der Waals surface area contributed by atoms with Crippen LogP contribution in [0, 0.1) is 20.8 Å². The first-order valence-corrected chi connectivity index (χ1v) is 15.4. The van der Waals surface area contributed by atoms with Gasteiger partial charge in [0, 0.05) is 5.69 Å². The van der Waals surface area contributed by atoms with E-state index in [1.54, 1.807) is 24.3 Å². The first-order chi connectivity index (χ1) is 21.4. The van der Waals surface area contributed by atoms with Gasteiger partial charge in [0.15, 0.2) is 0 Å². The molecule has 0 bridgehead atoms. The van der Waals surface area contributed by atoms with Crippen LogP contribution in [0.3, 0.4) is 0 Å². The SMILES string of the molecule is Cc1cc(C)c(-c2ccc(NC(=O)[C@H](Cc3ccc(C(=O)O)cc3)c3ccc(-c4ccc(C(C)(C)C)cc4)cc3)cc2)c(C)c1. The van der Waals surface area contributed by atoms with E-state index in [0.29, 0.717) is 6.42 Å². The zero-order valence-corrected chi connectivity index (χ0v) is 26.9. The molecule has 0 aliphatic heterocycles. The third kappa shape index (κ3) is 7.41. The molecule has 4 heteroatoms. The summed E-state index contributed by atoms with van der Waals surface area (Å²) in [6, 6.07) is 36.0. The Morgan fingerprint density at radius 1 is 0.689 bits per heavy atom. The van der Waals surface area contributed by atoms with Crippen LogP contribution < -0.4 is 5.32 Å². The van der Waals surface area contributed by atoms with Gasteiger partial charge in [-0.2, -0.15) is 0 Å². The van der Waals surface area contributed by atoms with Gasteiger partial charge in [-0.15, -0.1) is 0 Å². The Balaban J connectivity index is 1.40. The predicted molar refractivity (Wildman–Crippen MR) is 185 cm³/mol. The van der Waals surface area contributed by atoms with E-state index in [2.05, 4.69) is 108 Å². The molecular formula is C41H41NO3. The Bertz CT molecular complexity index is 1790. The number of carbonyl (C=O) groups is 2. The second kappa shape index (κ2) is 13.0. The highest BCUT2D eigenvalue weighted by molar-refractivity contribution is 5.96. The molecule has 0 saturated carbocycles. The van der Waals surface area contributed by atoms with Gasteiger partial charge < -0.3 is 10.4 Å². The maximum atomic E-state index is 13.9. The highest BCUT2D eigenvalue weighted by Crippen LogP contribution is 2.31. The van der Waals surface area contributed by atoms with E-state index in [1.807, 2.05) is 24.3 Å². The summed E-state index contributed by atoms with van der Waals surface area (Å²) in [5.74, 6) is -1.56. The Hall–Kier alpha value is -4.96. The fourth-order valence-corrected chi connectivity index (χ4v) is 6.04. The van der Waals surface area contributed by atoms with Crippen molar-refractivity contribution in [3.8, 4) is 22.3 Å². The molecule has 0 saturated heterocycles. The normalized spacial score (nSPS) is 12.0. The molecule has 5 rings (SSSR count). The molecule has 0 aliphatic rings. The topological polar surface area (TPSA) is 66.4 Å². The average molecular weight is 596 g/mol. The van der Waals surface area contributed by atoms with E-state index in [-0.39, 0.29) is 16.9 Å². The molecule has 0 aromatic heterocycles. The van der Waals surface area contributed by atoms with E-state index >= 15 is 0 Å². The van der Waals surface area contributed by atoms with Crippen LogP contribution in [0.2, 0.25) is 0 Å². The number of carboxylic acid groups (broad SMARTS) is 1. The summed E-state index contributed by atoms with van der Waals surface area (Å²) in [4.78, 5) is 25.3. The lowest BCUT2D eigenvalue weighted by molar-refractivity contribution is -0.117. The molecule has 2 N–H and O–H groups in total. The summed E-state index contributed by atoms with van der Waals surface area (Å²) in [5, 5.41) is 12.5. The van der Waals surface area contributed by atoms with Crippen molar-refractivity contribution in [2.45, 2.75) is 59.3 Å². The lowest BCUT2D eigenvalue weighted by Crippen LogP contribution is -2.23. The standard InChI is InChI=1S/C41H41NO3/c1-26-23-27(2)38(28(3)24-26)33-17-21-36(22-18-33)42-39(43)37(25-29-7-9-34(10-8-29)40(44)45)32-13-11-30(12-14-32)31-15-19-35(20-16-31)41(4,5)6/h7-24,37H,25H2,1-6H3,(H,42,43)(H,44,45)/t37-/m1/s1. The molecular weight excluding hydrogens is 554 g/mol. The molecule has 0 aliphatic carbocycles. The summed E-state index contributed by atoms with van der Waals surface area (Å²) < 4.78 is 0. The fourth-order valence-electron chi connectivity index (χ4n) is 6.04. The van der Waals surface area contributed by atoms with Crippen LogP contribution in [-0.2, 0) is 16.6 Å². The van der Waals surface area contributed by atoms with Gasteiger partial charge >= 0.3 is 5.97 Å². The van der Waals surface area contributed by atoms with Gasteiger partial charge in [0.1, 0.15) is 0 Å². The molecule has 1 amide bonds. The number of amides is 1. The van der Waals surface area contributed by atoms with Gasteiger partial charge in [-0.3, -0.25) is 4.79 Å². The molecule has 0 spiro atoms. The van der Waals surface area contributed by atoms with Gasteiger partial charge in [-0.05, 0) is 107 Å². The second-order valence-electron chi connectivity index (χ2n) is 13.0. The van der Waals surface area contributed by atoms with Crippen molar-refractivity contribution in [3.63, 3.8) is 0 Å². The van der Waals surface area contributed by atoms with Crippen LogP contribution >= 0.6 is 0 Å². The zero-order chi connectivity index (χ0) is 32.3. The van der Waals surface area contributed by atoms with Crippen LogP contribution in [0.15, 0.2) is 109 Å². The molecule has 1 atom stereocenters. The summed E-state index contributed by atoms with van der Waals surface area (Å²) in [6.45, 7) is 13.0. The molecule has 0 fully saturated rings. The van der Waals surface area contributed by atoms with Crippen LogP contribution in [-0.4, -0.2) is 17.0 Å². The van der Waals surface area contributed by atoms with Gasteiger partial charge in [0.25, 0.3) is 0 Å². The highest BCUT2D eigenvalue weighted by Gasteiger charge is 2.22. The number of rotatable bonds is 8. The van der Waals surface area contributed by atoms with Crippen LogP contribution in [0.25, 0.3) is 22.3 Å². The maximum Gasteiger partial charge on any atom is 0.335 e. The molecule has 45 heavy (non-hydrogen) atoms. The largest absolute Gasteiger partial charge is 0.478 e. The third-order valence-corrected chi connectivity index (χ3v) is 8.47. The number of benzene rings is 5. The molecule has 0 unspecified atom stereocenters. The second-order valence-corrected chi connectivity index (χ2v) is 13.0. The minimum absolute atomic E-state index is 0.0878. The smallest absolute Gasteiger partial charge is 0.335 e. The first-order valence-electron chi connectivity index (χ1n) is 15.4. The van der Waals surface area contributed by atoms with Gasteiger partial charge in [0.05, 0.1) is 11.5 Å². The van der Waals surface area contributed by atoms with Crippen LogP contribution in [0.4, 0.5) is 5.69 Å². The van der Waals surface area contributed by atoms with Crippen molar-refractivity contribution < 1.29 is 14.7 Å². The number of anilines is 1. The van der Waals surface area contributed by atoms with Crippen LogP contribution in [0.1, 0.15) is 70.4 Å². The van der Waals surface area contributed by atoms with Crippen molar-refractivity contribution in [2.24, 2.45) is 0 Å². The zero-order valence-electron chi connectivity index (χ0n) is 26.9. The fraction of sp³-hybridized carbons (Fsp3) is 0.220. The monoisotopic (exact) mass is 595 g/mol. The highest BCUT2D eigenvalue weighted by atomic mass is 16.4. The molecule has 4 nitrogen and oxygen atoms in total. The summed E-state index contributed by atoms with van der Waals surface area (Å²) in [7, 11) is 0. The molecule has 5 aromatic rings. The average Bonchev–Trinajstić information content (AvgIpc) is 3.00. The Labute approximate surface area is 266 Å². The van der Waals surface area contributed by atoms with Crippen LogP contribution in [0.5, 0.6) is 0 Å². The van der Waals surface area contributed by atoms with Crippen molar-refractivity contribution in [3.05, 3.63) is 148 Å². The number of nitrogens with one attached hydrogen (secondary N) is 1. The number of hydrogen-bond donors (Lipinski definition) is 2. The molecule has 0 heterocycles. The van der Waals surface area contributed by atoms with Crippen molar-refractivity contribution >= 4 is 17.6 Å².